The molecule has 1 atom stereocenters. The minimum Gasteiger partial charge on any atom is -0.384 e. The number of aromatic nitrogens is 2. The molecule has 3 heterocycles. The highest BCUT2D eigenvalue weighted by Gasteiger charge is 2.38. The zero-order valence-electron chi connectivity index (χ0n) is 15.3. The van der Waals surface area contributed by atoms with Crippen LogP contribution >= 0.6 is 0 Å². The molecule has 1 fully saturated rings. The van der Waals surface area contributed by atoms with Gasteiger partial charge < -0.3 is 14.2 Å². The van der Waals surface area contributed by atoms with Crippen LogP contribution in [0, 0.1) is 0 Å². The first-order valence-corrected chi connectivity index (χ1v) is 8.98. The van der Waals surface area contributed by atoms with E-state index in [1.165, 1.54) is 7.11 Å². The summed E-state index contributed by atoms with van der Waals surface area (Å²) in [6.45, 7) is 2.95. The lowest BCUT2D eigenvalue weighted by atomic mass is 9.91. The zero-order valence-corrected chi connectivity index (χ0v) is 15.3. The number of nitrogens with zero attached hydrogens (tertiary/aromatic N) is 3. The largest absolute Gasteiger partial charge is 0.417 e. The van der Waals surface area contributed by atoms with Crippen molar-refractivity contribution in [2.45, 2.75) is 44.7 Å². The molecule has 2 aromatic rings. The maximum absolute atomic E-state index is 13.6. The smallest absolute Gasteiger partial charge is 0.384 e. The second-order valence-electron chi connectivity index (χ2n) is 6.68. The van der Waals surface area contributed by atoms with E-state index in [2.05, 4.69) is 10.1 Å². The van der Waals surface area contributed by atoms with Crippen LogP contribution in [0.2, 0.25) is 0 Å². The average molecular weight is 385 g/mol. The Morgan fingerprint density at radius 2 is 2.22 bits per heavy atom. The highest BCUT2D eigenvalue weighted by Crippen LogP contribution is 2.40. The molecule has 1 amide bonds. The molecule has 0 aromatic carbocycles. The van der Waals surface area contributed by atoms with E-state index < -0.39 is 11.7 Å². The van der Waals surface area contributed by atoms with E-state index in [0.29, 0.717) is 44.7 Å². The third-order valence-corrected chi connectivity index (χ3v) is 4.87. The van der Waals surface area contributed by atoms with Crippen LogP contribution in [0.5, 0.6) is 0 Å². The van der Waals surface area contributed by atoms with E-state index in [1.54, 1.807) is 11.8 Å². The number of carbonyl (C=O) groups excluding carboxylic acids is 1. The van der Waals surface area contributed by atoms with E-state index >= 15 is 0 Å². The highest BCUT2D eigenvalue weighted by atomic mass is 19.4. The number of carbonyl (C=O) groups is 1. The Morgan fingerprint density at radius 3 is 2.89 bits per heavy atom. The van der Waals surface area contributed by atoms with Gasteiger partial charge in [0.05, 0.1) is 29.7 Å². The SMILES string of the molecule is CCc1cc(C(F)(F)F)c2c([C@@H]3CCCN(C(=O)CCOC)C3)noc2n1. The van der Waals surface area contributed by atoms with Gasteiger partial charge in [0.15, 0.2) is 0 Å². The molecule has 0 radical (unpaired) electrons. The summed E-state index contributed by atoms with van der Waals surface area (Å²) in [4.78, 5) is 18.1. The normalized spacial score (nSPS) is 18.3. The lowest BCUT2D eigenvalue weighted by Gasteiger charge is -2.32. The van der Waals surface area contributed by atoms with Crippen molar-refractivity contribution in [3.63, 3.8) is 0 Å². The molecule has 6 nitrogen and oxygen atoms in total. The van der Waals surface area contributed by atoms with E-state index in [9.17, 15) is 18.0 Å². The molecule has 0 saturated carbocycles. The first-order chi connectivity index (χ1) is 12.8. The maximum Gasteiger partial charge on any atom is 0.417 e. The lowest BCUT2D eigenvalue weighted by molar-refractivity contribution is -0.136. The Kier molecular flexibility index (Phi) is 5.69. The van der Waals surface area contributed by atoms with Gasteiger partial charge in [-0.25, -0.2) is 4.98 Å². The van der Waals surface area contributed by atoms with Crippen molar-refractivity contribution in [1.29, 1.82) is 0 Å². The number of aryl methyl sites for hydroxylation is 1. The number of piperidine rings is 1. The number of alkyl halides is 3. The second-order valence-corrected chi connectivity index (χ2v) is 6.68. The molecular weight excluding hydrogens is 363 g/mol. The van der Waals surface area contributed by atoms with Crippen LogP contribution in [-0.4, -0.2) is 47.8 Å². The van der Waals surface area contributed by atoms with Crippen LogP contribution < -0.4 is 0 Å². The van der Waals surface area contributed by atoms with E-state index in [-0.39, 0.29) is 35.0 Å². The van der Waals surface area contributed by atoms with Gasteiger partial charge in [-0.3, -0.25) is 4.79 Å². The van der Waals surface area contributed by atoms with Crippen LogP contribution in [0.15, 0.2) is 10.6 Å². The summed E-state index contributed by atoms with van der Waals surface area (Å²) in [5, 5.41) is 3.84. The molecule has 148 valence electrons. The lowest BCUT2D eigenvalue weighted by Crippen LogP contribution is -2.39. The molecule has 27 heavy (non-hydrogen) atoms. The number of ether oxygens (including phenoxy) is 1. The third kappa shape index (κ3) is 4.07. The minimum atomic E-state index is -4.53. The predicted molar refractivity (Wildman–Crippen MR) is 91.2 cm³/mol. The van der Waals surface area contributed by atoms with Gasteiger partial charge in [0, 0.05) is 31.8 Å². The van der Waals surface area contributed by atoms with Crippen molar-refractivity contribution in [2.24, 2.45) is 0 Å². The van der Waals surface area contributed by atoms with Crippen molar-refractivity contribution >= 4 is 17.0 Å². The molecule has 0 spiro atoms. The fourth-order valence-corrected chi connectivity index (χ4v) is 3.48. The number of likely N-dealkylation sites (tertiary alicyclic amines) is 1. The number of amides is 1. The van der Waals surface area contributed by atoms with Crippen LogP contribution in [0.1, 0.15) is 49.1 Å². The summed E-state index contributed by atoms with van der Waals surface area (Å²) >= 11 is 0. The summed E-state index contributed by atoms with van der Waals surface area (Å²) in [7, 11) is 1.52. The molecule has 9 heteroatoms. The summed E-state index contributed by atoms with van der Waals surface area (Å²) in [5.41, 5.74) is -0.336. The topological polar surface area (TPSA) is 68.5 Å². The average Bonchev–Trinajstić information content (AvgIpc) is 3.08. The van der Waals surface area contributed by atoms with E-state index in [4.69, 9.17) is 9.26 Å². The summed E-state index contributed by atoms with van der Waals surface area (Å²) in [6.07, 6.45) is -2.59. The van der Waals surface area contributed by atoms with Crippen LogP contribution in [0.4, 0.5) is 13.2 Å². The van der Waals surface area contributed by atoms with Crippen LogP contribution in [0.3, 0.4) is 0 Å². The van der Waals surface area contributed by atoms with Gasteiger partial charge in [-0.2, -0.15) is 13.2 Å². The van der Waals surface area contributed by atoms with Gasteiger partial charge in [0.2, 0.25) is 5.91 Å². The van der Waals surface area contributed by atoms with Crippen LogP contribution in [-0.2, 0) is 22.1 Å². The van der Waals surface area contributed by atoms with Gasteiger partial charge in [-0.05, 0) is 25.3 Å². The van der Waals surface area contributed by atoms with Gasteiger partial charge in [-0.1, -0.05) is 12.1 Å². The quantitative estimate of drug-likeness (QED) is 0.787. The van der Waals surface area contributed by atoms with Crippen molar-refractivity contribution in [2.75, 3.05) is 26.8 Å². The summed E-state index contributed by atoms with van der Waals surface area (Å²) < 4.78 is 51.0. The molecule has 1 aliphatic rings. The van der Waals surface area contributed by atoms with Crippen LogP contribution in [0.25, 0.3) is 11.1 Å². The van der Waals surface area contributed by atoms with Gasteiger partial charge in [0.25, 0.3) is 5.71 Å². The number of hydrogen-bond donors (Lipinski definition) is 0. The Hall–Kier alpha value is -2.16. The van der Waals surface area contributed by atoms with Crippen molar-refractivity contribution in [1.82, 2.24) is 15.0 Å². The van der Waals surface area contributed by atoms with Gasteiger partial charge >= 0.3 is 6.18 Å². The molecule has 0 N–H and O–H groups in total. The number of fused-ring (bicyclic) bond motifs is 1. The van der Waals surface area contributed by atoms with E-state index in [0.717, 1.165) is 6.07 Å². The molecule has 0 bridgehead atoms. The first kappa shape index (κ1) is 19.6. The number of pyridine rings is 1. The molecule has 2 aromatic heterocycles. The fourth-order valence-electron chi connectivity index (χ4n) is 3.48. The molecule has 0 unspecified atom stereocenters. The Balaban J connectivity index is 1.96. The predicted octanol–water partition coefficient (Wildman–Crippen LogP) is 3.55. The fraction of sp³-hybridized carbons (Fsp3) is 0.611. The van der Waals surface area contributed by atoms with E-state index in [1.807, 2.05) is 0 Å². The van der Waals surface area contributed by atoms with Gasteiger partial charge in [-0.15, -0.1) is 0 Å². The molecule has 3 rings (SSSR count). The number of hydrogen-bond acceptors (Lipinski definition) is 5. The number of halogens is 3. The molecule has 0 aliphatic carbocycles. The van der Waals surface area contributed by atoms with Crippen molar-refractivity contribution < 1.29 is 27.2 Å². The van der Waals surface area contributed by atoms with Gasteiger partial charge in [0.1, 0.15) is 0 Å². The summed E-state index contributed by atoms with van der Waals surface area (Å²) in [5.74, 6) is -0.390. The van der Waals surface area contributed by atoms with Crippen molar-refractivity contribution in [3.8, 4) is 0 Å². The Labute approximate surface area is 154 Å². The monoisotopic (exact) mass is 385 g/mol. The zero-order chi connectivity index (χ0) is 19.6. The maximum atomic E-state index is 13.6. The summed E-state index contributed by atoms with van der Waals surface area (Å²) in [6, 6.07) is 1.06. The molecular formula is C18H22F3N3O3. The molecule has 1 saturated heterocycles. The second kappa shape index (κ2) is 7.84. The molecule has 1 aliphatic heterocycles. The number of methoxy groups -OCH3 is 1. The Bertz CT molecular complexity index is 819. The minimum absolute atomic E-state index is 0.0724. The standard InChI is InChI=1S/C18H22F3N3O3/c1-3-12-9-13(18(19,20)21)15-16(23-27-17(15)22-12)11-5-4-7-24(10-11)14(25)6-8-26-2/h9,11H,3-8,10H2,1-2H3/t11-/m1/s1. The number of rotatable bonds is 5. The Morgan fingerprint density at radius 1 is 1.44 bits per heavy atom. The highest BCUT2D eigenvalue weighted by molar-refractivity contribution is 5.82. The van der Waals surface area contributed by atoms with Crippen molar-refractivity contribution in [3.05, 3.63) is 23.0 Å². The third-order valence-electron chi connectivity index (χ3n) is 4.87. The first-order valence-electron chi connectivity index (χ1n) is 8.98.